The third-order valence-corrected chi connectivity index (χ3v) is 11.3. The number of rotatable bonds is 3. The molecular weight excluding hydrogens is 520 g/mol. The quantitative estimate of drug-likeness (QED) is 0.504. The summed E-state index contributed by atoms with van der Waals surface area (Å²) in [5.74, 6) is 0.134. The summed E-state index contributed by atoms with van der Waals surface area (Å²) in [5.41, 5.74) is 0.821. The van der Waals surface area contributed by atoms with Crippen LogP contribution in [0.1, 0.15) is 50.1 Å². The molecule has 132 valence electrons. The number of thiazole rings is 1. The van der Waals surface area contributed by atoms with Crippen LogP contribution < -0.4 is 5.32 Å². The van der Waals surface area contributed by atoms with E-state index in [0.717, 1.165) is 30.8 Å². The summed E-state index contributed by atoms with van der Waals surface area (Å²) in [6, 6.07) is 0. The van der Waals surface area contributed by atoms with E-state index in [4.69, 9.17) is 0 Å². The summed E-state index contributed by atoms with van der Waals surface area (Å²) in [5, 5.41) is 3.96. The van der Waals surface area contributed by atoms with Crippen LogP contribution in [-0.4, -0.2) is 19.5 Å². The number of halogens is 3. The topological polar surface area (TPSA) is 42.0 Å². The lowest BCUT2D eigenvalue weighted by Gasteiger charge is -2.66. The first-order chi connectivity index (χ1) is 11.3. The minimum absolute atomic E-state index is 0.0620. The van der Waals surface area contributed by atoms with Crippen molar-refractivity contribution in [2.45, 2.75) is 60.9 Å². The van der Waals surface area contributed by atoms with E-state index in [-0.39, 0.29) is 30.7 Å². The number of aromatic nitrogens is 1. The van der Waals surface area contributed by atoms with Crippen molar-refractivity contribution in [1.29, 1.82) is 0 Å². The number of nitrogens with one attached hydrogen (secondary N) is 1. The first-order valence-corrected chi connectivity index (χ1v) is 12.1. The summed E-state index contributed by atoms with van der Waals surface area (Å²) < 4.78 is 0.201. The van der Waals surface area contributed by atoms with Crippen molar-refractivity contribution in [2.24, 2.45) is 16.2 Å². The molecule has 1 aromatic rings. The van der Waals surface area contributed by atoms with Gasteiger partial charge in [-0.25, -0.2) is 4.98 Å². The predicted octanol–water partition coefficient (Wildman–Crippen LogP) is 5.65. The van der Waals surface area contributed by atoms with Crippen LogP contribution >= 0.6 is 59.1 Å². The van der Waals surface area contributed by atoms with Gasteiger partial charge in [-0.2, -0.15) is 0 Å². The largest absolute Gasteiger partial charge is 0.301 e. The fraction of sp³-hybridized carbons (Fsp3) is 0.765. The average molecular weight is 541 g/mol. The Morgan fingerprint density at radius 3 is 2.58 bits per heavy atom. The van der Waals surface area contributed by atoms with Crippen LogP contribution in [0.5, 0.6) is 0 Å². The van der Waals surface area contributed by atoms with Gasteiger partial charge in [-0.05, 0) is 43.9 Å². The van der Waals surface area contributed by atoms with Gasteiger partial charge in [-0.3, -0.25) is 4.79 Å². The lowest BCUT2D eigenvalue weighted by Crippen LogP contribution is -2.71. The summed E-state index contributed by atoms with van der Waals surface area (Å²) in [7, 11) is 0. The van der Waals surface area contributed by atoms with Crippen LogP contribution in [0.25, 0.3) is 0 Å². The summed E-state index contributed by atoms with van der Waals surface area (Å²) in [4.78, 5) is 19.5. The fourth-order valence-electron chi connectivity index (χ4n) is 5.31. The lowest BCUT2D eigenvalue weighted by atomic mass is 9.43. The predicted molar refractivity (Wildman–Crippen MR) is 110 cm³/mol. The number of fused-ring (bicyclic) bond motifs is 2. The second-order valence-corrected chi connectivity index (χ2v) is 12.9. The van der Waals surface area contributed by atoms with Gasteiger partial charge >= 0.3 is 0 Å². The molecule has 4 aliphatic rings. The van der Waals surface area contributed by atoms with E-state index in [0.29, 0.717) is 0 Å². The molecule has 2 bridgehead atoms. The Labute approximate surface area is 172 Å². The highest BCUT2D eigenvalue weighted by molar-refractivity contribution is 9.24. The number of aryl methyl sites for hydroxylation is 2. The number of nitrogens with zero attached hydrogens (tertiary/aromatic N) is 1. The molecule has 3 nitrogen and oxygen atoms in total. The molecule has 3 fully saturated rings. The Hall–Kier alpha value is 0.540. The maximum absolute atomic E-state index is 13.3. The van der Waals surface area contributed by atoms with Gasteiger partial charge in [-0.15, -0.1) is 11.3 Å². The van der Waals surface area contributed by atoms with Crippen LogP contribution in [0, 0.1) is 16.2 Å². The molecule has 3 saturated carbocycles. The molecule has 5 rings (SSSR count). The van der Waals surface area contributed by atoms with Crippen molar-refractivity contribution in [3.63, 3.8) is 0 Å². The van der Waals surface area contributed by atoms with E-state index < -0.39 is 0 Å². The third kappa shape index (κ3) is 1.99. The minimum atomic E-state index is -0.362. The maximum Gasteiger partial charge on any atom is 0.234 e. The van der Waals surface area contributed by atoms with E-state index >= 15 is 0 Å². The molecule has 1 N–H and O–H groups in total. The molecule has 0 spiro atoms. The Kier molecular flexibility index (Phi) is 4.31. The molecular formula is C17H21Br3N2OS. The van der Waals surface area contributed by atoms with Crippen LogP contribution in [-0.2, 0) is 17.6 Å². The van der Waals surface area contributed by atoms with Gasteiger partial charge in [0.2, 0.25) is 5.91 Å². The average Bonchev–Trinajstić information content (AvgIpc) is 3.14. The summed E-state index contributed by atoms with van der Waals surface area (Å²) in [6.07, 6.45) is 6.57. The number of hydrogen-bond acceptors (Lipinski definition) is 3. The highest BCUT2D eigenvalue weighted by Crippen LogP contribution is 2.82. The highest BCUT2D eigenvalue weighted by atomic mass is 79.9. The van der Waals surface area contributed by atoms with Gasteiger partial charge in [0.05, 0.1) is 14.8 Å². The van der Waals surface area contributed by atoms with Crippen molar-refractivity contribution < 1.29 is 4.79 Å². The Bertz CT molecular complexity index is 681. The van der Waals surface area contributed by atoms with E-state index in [1.165, 1.54) is 23.4 Å². The number of alkyl halides is 3. The zero-order valence-corrected chi connectivity index (χ0v) is 19.4. The van der Waals surface area contributed by atoms with Crippen molar-refractivity contribution in [3.05, 3.63) is 10.6 Å². The summed E-state index contributed by atoms with van der Waals surface area (Å²) >= 11 is 13.0. The molecule has 4 aliphatic carbocycles. The number of amides is 1. The first-order valence-electron chi connectivity index (χ1n) is 8.49. The standard InChI is InChI=1S/C17H21Br3N2OS/c1-15(2)16(12(19)20)7-8-17(15,11(16)18)13(23)22-14-21-9-5-3-4-6-10(9)24-14/h11-12H,3-8H2,1-2H3,(H,21,22,23)/t11-,16-,17+/m1/s1. The fourth-order valence-corrected chi connectivity index (χ4v) is 11.3. The molecule has 7 heteroatoms. The second-order valence-electron chi connectivity index (χ2n) is 7.85. The van der Waals surface area contributed by atoms with Crippen LogP contribution in [0.2, 0.25) is 0 Å². The molecule has 0 radical (unpaired) electrons. The minimum Gasteiger partial charge on any atom is -0.301 e. The highest BCUT2D eigenvalue weighted by Gasteiger charge is 2.83. The van der Waals surface area contributed by atoms with E-state index in [1.54, 1.807) is 11.3 Å². The first kappa shape index (κ1) is 17.9. The molecule has 0 aromatic carbocycles. The van der Waals surface area contributed by atoms with Crippen LogP contribution in [0.4, 0.5) is 5.13 Å². The van der Waals surface area contributed by atoms with Gasteiger partial charge in [0.1, 0.15) is 0 Å². The van der Waals surface area contributed by atoms with Crippen LogP contribution in [0.3, 0.4) is 0 Å². The molecule has 0 aliphatic heterocycles. The van der Waals surface area contributed by atoms with Crippen molar-refractivity contribution in [2.75, 3.05) is 5.32 Å². The van der Waals surface area contributed by atoms with Crippen molar-refractivity contribution >= 4 is 70.2 Å². The molecule has 1 aromatic heterocycles. The van der Waals surface area contributed by atoms with Crippen molar-refractivity contribution in [3.8, 4) is 0 Å². The number of hydrogen-bond donors (Lipinski definition) is 1. The lowest BCUT2D eigenvalue weighted by molar-refractivity contribution is -0.155. The van der Waals surface area contributed by atoms with Gasteiger partial charge < -0.3 is 5.32 Å². The van der Waals surface area contributed by atoms with Gasteiger partial charge in [0, 0.05) is 15.1 Å². The van der Waals surface area contributed by atoms with Crippen LogP contribution in [0.15, 0.2) is 0 Å². The van der Waals surface area contributed by atoms with Gasteiger partial charge in [0.25, 0.3) is 0 Å². The molecule has 0 unspecified atom stereocenters. The zero-order chi connectivity index (χ0) is 17.3. The van der Waals surface area contributed by atoms with E-state index in [1.807, 2.05) is 0 Å². The SMILES string of the molecule is CC1(C)[C@]2(C(Br)Br)CC[C@@]1(C(=O)Nc1nc3c(s1)CCCC3)[C@@H]2Br. The number of carbonyl (C=O) groups excluding carboxylic acids is 1. The summed E-state index contributed by atoms with van der Waals surface area (Å²) in [6.45, 7) is 4.47. The Morgan fingerprint density at radius 2 is 2.00 bits per heavy atom. The maximum atomic E-state index is 13.3. The second kappa shape index (κ2) is 5.77. The third-order valence-electron chi connectivity index (χ3n) is 6.96. The molecule has 0 saturated heterocycles. The molecule has 24 heavy (non-hydrogen) atoms. The Morgan fingerprint density at radius 1 is 1.29 bits per heavy atom. The molecule has 1 amide bonds. The zero-order valence-electron chi connectivity index (χ0n) is 13.8. The van der Waals surface area contributed by atoms with E-state index in [9.17, 15) is 4.79 Å². The van der Waals surface area contributed by atoms with E-state index in [2.05, 4.69) is 71.9 Å². The monoisotopic (exact) mass is 538 g/mol. The smallest absolute Gasteiger partial charge is 0.234 e. The molecule has 3 atom stereocenters. The Balaban J connectivity index is 1.60. The molecule has 1 heterocycles. The van der Waals surface area contributed by atoms with Gasteiger partial charge in [0.15, 0.2) is 5.13 Å². The van der Waals surface area contributed by atoms with Crippen molar-refractivity contribution in [1.82, 2.24) is 4.98 Å². The number of carbonyl (C=O) groups is 1. The normalized spacial score (nSPS) is 36.3. The van der Waals surface area contributed by atoms with Gasteiger partial charge in [-0.1, -0.05) is 61.6 Å². The number of anilines is 1.